The van der Waals surface area contributed by atoms with Gasteiger partial charge in [-0.05, 0) is 61.6 Å². The summed E-state index contributed by atoms with van der Waals surface area (Å²) >= 11 is 0. The molecule has 9 nitrogen and oxygen atoms in total. The average molecular weight is 537 g/mol. The molecule has 0 aliphatic carbocycles. The maximum absolute atomic E-state index is 13.7. The number of carbonyl (C=O) groups is 1. The number of ether oxygens (including phenoxy) is 2. The van der Waals surface area contributed by atoms with Crippen molar-refractivity contribution in [3.8, 4) is 17.3 Å². The first-order valence-electron chi connectivity index (χ1n) is 13.1. The number of hydrogen-bond acceptors (Lipinski definition) is 6. The summed E-state index contributed by atoms with van der Waals surface area (Å²) in [6, 6.07) is 8.91. The fourth-order valence-corrected chi connectivity index (χ4v) is 5.56. The van der Waals surface area contributed by atoms with Crippen molar-refractivity contribution in [2.24, 2.45) is 5.92 Å². The largest absolute Gasteiger partial charge is 0.486 e. The van der Waals surface area contributed by atoms with Gasteiger partial charge in [0.15, 0.2) is 5.82 Å². The second-order valence-electron chi connectivity index (χ2n) is 10.3. The summed E-state index contributed by atoms with van der Waals surface area (Å²) < 4.78 is 38.2. The van der Waals surface area contributed by atoms with Crippen LogP contribution in [0.2, 0.25) is 0 Å². The Kier molecular flexibility index (Phi) is 6.68. The maximum atomic E-state index is 13.7. The standard InChI is InChI=1S/C28H30F2N6O3/c1-16(18-9-19(29)11-20(30)10-18)39-21-3-4-23-22(12-21)26(34-33-23)27-31-24-14-35(15-25(24)32-27)13-17-5-7-36(8-6-17)28(37)38-2/h3-4,9-12,16-17H,5-8,13-15H2,1-2H3,(H,31,32)(H,33,34). The van der Waals surface area contributed by atoms with Crippen LogP contribution >= 0.6 is 0 Å². The number of nitrogens with one attached hydrogen (secondary N) is 2. The van der Waals surface area contributed by atoms with Crippen LogP contribution < -0.4 is 4.74 Å². The predicted octanol–water partition coefficient (Wildman–Crippen LogP) is 5.17. The molecule has 1 amide bonds. The van der Waals surface area contributed by atoms with Crippen LogP contribution in [0.4, 0.5) is 13.6 Å². The van der Waals surface area contributed by atoms with E-state index in [-0.39, 0.29) is 6.09 Å². The van der Waals surface area contributed by atoms with Crippen LogP contribution in [-0.2, 0) is 17.8 Å². The van der Waals surface area contributed by atoms with Crippen LogP contribution in [-0.4, -0.2) is 62.8 Å². The highest BCUT2D eigenvalue weighted by molar-refractivity contribution is 5.92. The van der Waals surface area contributed by atoms with E-state index in [0.29, 0.717) is 28.7 Å². The summed E-state index contributed by atoms with van der Waals surface area (Å²) in [5, 5.41) is 8.38. The van der Waals surface area contributed by atoms with Gasteiger partial charge >= 0.3 is 6.09 Å². The summed E-state index contributed by atoms with van der Waals surface area (Å²) in [5.74, 6) is 0.512. The Labute approximate surface area is 224 Å². The Hall–Kier alpha value is -3.99. The number of nitrogens with zero attached hydrogens (tertiary/aromatic N) is 4. The smallest absolute Gasteiger partial charge is 0.409 e. The molecular weight excluding hydrogens is 506 g/mol. The molecule has 1 unspecified atom stereocenters. The number of piperidine rings is 1. The number of likely N-dealkylation sites (tertiary alicyclic amines) is 1. The number of aromatic nitrogens is 4. The van der Waals surface area contributed by atoms with Gasteiger partial charge in [0, 0.05) is 44.2 Å². The van der Waals surface area contributed by atoms with Crippen molar-refractivity contribution >= 4 is 17.0 Å². The lowest BCUT2D eigenvalue weighted by Crippen LogP contribution is -2.40. The molecule has 1 saturated heterocycles. The number of benzene rings is 2. The van der Waals surface area contributed by atoms with Crippen molar-refractivity contribution in [3.63, 3.8) is 0 Å². The number of halogens is 2. The lowest BCUT2D eigenvalue weighted by Gasteiger charge is -2.32. The zero-order valence-corrected chi connectivity index (χ0v) is 21.8. The van der Waals surface area contributed by atoms with Crippen LogP contribution in [0.3, 0.4) is 0 Å². The second-order valence-corrected chi connectivity index (χ2v) is 10.3. The first-order valence-corrected chi connectivity index (χ1v) is 13.1. The molecule has 0 radical (unpaired) electrons. The van der Waals surface area contributed by atoms with Crippen molar-refractivity contribution in [1.82, 2.24) is 30.0 Å². The minimum Gasteiger partial charge on any atom is -0.486 e. The van der Waals surface area contributed by atoms with Gasteiger partial charge in [-0.1, -0.05) is 0 Å². The van der Waals surface area contributed by atoms with E-state index in [2.05, 4.69) is 20.1 Å². The molecule has 4 heterocycles. The third-order valence-electron chi connectivity index (χ3n) is 7.61. The number of amides is 1. The van der Waals surface area contributed by atoms with Gasteiger partial charge in [-0.2, -0.15) is 5.10 Å². The number of fused-ring (bicyclic) bond motifs is 2. The number of H-pyrrole nitrogens is 2. The number of methoxy groups -OCH3 is 1. The molecule has 2 N–H and O–H groups in total. The third-order valence-corrected chi connectivity index (χ3v) is 7.61. The molecule has 1 atom stereocenters. The fourth-order valence-electron chi connectivity index (χ4n) is 5.56. The molecular formula is C28H30F2N6O3. The van der Waals surface area contributed by atoms with Crippen LogP contribution in [0.5, 0.6) is 5.75 Å². The molecule has 0 bridgehead atoms. The van der Waals surface area contributed by atoms with Crippen molar-refractivity contribution < 1.29 is 23.0 Å². The molecule has 39 heavy (non-hydrogen) atoms. The van der Waals surface area contributed by atoms with E-state index in [0.717, 1.165) is 73.9 Å². The number of imidazole rings is 1. The van der Waals surface area contributed by atoms with E-state index in [1.165, 1.54) is 19.2 Å². The Morgan fingerprint density at radius 1 is 1.13 bits per heavy atom. The van der Waals surface area contributed by atoms with Crippen molar-refractivity contribution in [2.75, 3.05) is 26.7 Å². The van der Waals surface area contributed by atoms with Crippen molar-refractivity contribution in [1.29, 1.82) is 0 Å². The minimum atomic E-state index is -0.638. The van der Waals surface area contributed by atoms with E-state index in [9.17, 15) is 13.6 Å². The van der Waals surface area contributed by atoms with Gasteiger partial charge in [-0.3, -0.25) is 10.00 Å². The SMILES string of the molecule is COC(=O)N1CCC(CN2Cc3nc(-c4n[nH]c5ccc(OC(C)c6cc(F)cc(F)c6)cc45)[nH]c3C2)CC1. The minimum absolute atomic E-state index is 0.248. The molecule has 2 aliphatic heterocycles. The molecule has 204 valence electrons. The van der Waals surface area contributed by atoms with Crippen LogP contribution in [0.15, 0.2) is 36.4 Å². The Morgan fingerprint density at radius 3 is 2.62 bits per heavy atom. The molecule has 6 rings (SSSR count). The molecule has 4 aromatic rings. The number of aromatic amines is 2. The molecule has 1 fully saturated rings. The normalized spacial score (nSPS) is 17.0. The Bertz CT molecular complexity index is 1470. The Balaban J connectivity index is 1.12. The van der Waals surface area contributed by atoms with Gasteiger partial charge < -0.3 is 19.4 Å². The predicted molar refractivity (Wildman–Crippen MR) is 140 cm³/mol. The third kappa shape index (κ3) is 5.18. The van der Waals surface area contributed by atoms with Crippen LogP contribution in [0.25, 0.3) is 22.4 Å². The van der Waals surface area contributed by atoms with E-state index < -0.39 is 17.7 Å². The van der Waals surface area contributed by atoms with Crippen molar-refractivity contribution in [3.05, 3.63) is 65.0 Å². The molecule has 11 heteroatoms. The van der Waals surface area contributed by atoms with Gasteiger partial charge in [-0.15, -0.1) is 0 Å². The molecule has 2 aromatic heterocycles. The highest BCUT2D eigenvalue weighted by atomic mass is 19.1. The van der Waals surface area contributed by atoms with Gasteiger partial charge in [0.05, 0.1) is 24.0 Å². The van der Waals surface area contributed by atoms with E-state index >= 15 is 0 Å². The lowest BCUT2D eigenvalue weighted by molar-refractivity contribution is 0.0975. The van der Waals surface area contributed by atoms with E-state index in [1.807, 2.05) is 12.1 Å². The van der Waals surface area contributed by atoms with Gasteiger partial charge in [0.1, 0.15) is 29.2 Å². The first kappa shape index (κ1) is 25.3. The van der Waals surface area contributed by atoms with Crippen LogP contribution in [0.1, 0.15) is 42.8 Å². The quantitative estimate of drug-likeness (QED) is 0.353. The first-order chi connectivity index (χ1) is 18.9. The number of rotatable bonds is 6. The van der Waals surface area contributed by atoms with Gasteiger partial charge in [0.25, 0.3) is 0 Å². The summed E-state index contributed by atoms with van der Waals surface area (Å²) in [6.07, 6.45) is 1.14. The highest BCUT2D eigenvalue weighted by Crippen LogP contribution is 2.33. The molecule has 2 aromatic carbocycles. The monoisotopic (exact) mass is 536 g/mol. The molecule has 0 saturated carbocycles. The highest BCUT2D eigenvalue weighted by Gasteiger charge is 2.29. The fraction of sp³-hybridized carbons (Fsp3) is 0.393. The summed E-state index contributed by atoms with van der Waals surface area (Å²) in [5.41, 5.74) is 4.04. The van der Waals surface area contributed by atoms with Crippen LogP contribution in [0, 0.1) is 17.6 Å². The summed E-state index contributed by atoms with van der Waals surface area (Å²) in [4.78, 5) is 24.2. The number of hydrogen-bond donors (Lipinski definition) is 2. The van der Waals surface area contributed by atoms with E-state index in [4.69, 9.17) is 14.5 Å². The zero-order valence-electron chi connectivity index (χ0n) is 21.8. The average Bonchev–Trinajstić information content (AvgIpc) is 3.61. The lowest BCUT2D eigenvalue weighted by atomic mass is 9.96. The maximum Gasteiger partial charge on any atom is 0.409 e. The topological polar surface area (TPSA) is 99.4 Å². The van der Waals surface area contributed by atoms with E-state index in [1.54, 1.807) is 17.9 Å². The molecule has 0 spiro atoms. The summed E-state index contributed by atoms with van der Waals surface area (Å²) in [7, 11) is 1.42. The van der Waals surface area contributed by atoms with Gasteiger partial charge in [-0.25, -0.2) is 18.6 Å². The Morgan fingerprint density at radius 2 is 1.90 bits per heavy atom. The molecule has 2 aliphatic rings. The summed E-state index contributed by atoms with van der Waals surface area (Å²) in [6.45, 7) is 5.73. The zero-order chi connectivity index (χ0) is 27.1. The van der Waals surface area contributed by atoms with Crippen molar-refractivity contribution in [2.45, 2.75) is 39.0 Å². The van der Waals surface area contributed by atoms with Gasteiger partial charge in [0.2, 0.25) is 0 Å². The number of carbonyl (C=O) groups excluding carboxylic acids is 1. The second kappa shape index (κ2) is 10.3.